The predicted molar refractivity (Wildman–Crippen MR) is 93.0 cm³/mol. The largest absolute Gasteiger partial charge is 0.347 e. The van der Waals surface area contributed by atoms with Gasteiger partial charge in [-0.1, -0.05) is 12.8 Å². The number of urea groups is 1. The second kappa shape index (κ2) is 7.91. The molecule has 1 N–H and O–H groups in total. The van der Waals surface area contributed by atoms with Crippen LogP contribution in [0, 0.1) is 5.92 Å². The number of ether oxygens (including phenoxy) is 2. The Morgan fingerprint density at radius 2 is 1.68 bits per heavy atom. The van der Waals surface area contributed by atoms with Crippen molar-refractivity contribution in [2.75, 3.05) is 39.4 Å². The van der Waals surface area contributed by atoms with E-state index in [4.69, 9.17) is 9.47 Å². The molecule has 1 unspecified atom stereocenters. The first-order valence-electron chi connectivity index (χ1n) is 9.61. The summed E-state index contributed by atoms with van der Waals surface area (Å²) in [4.78, 5) is 28.9. The molecule has 7 nitrogen and oxygen atoms in total. The number of carbonyl (C=O) groups excluding carboxylic acids is 2. The topological polar surface area (TPSA) is 71.1 Å². The molecule has 3 fully saturated rings. The van der Waals surface area contributed by atoms with Crippen molar-refractivity contribution in [1.29, 1.82) is 0 Å². The normalized spacial score (nSPS) is 28.4. The van der Waals surface area contributed by atoms with Gasteiger partial charge in [0.2, 0.25) is 11.7 Å². The van der Waals surface area contributed by atoms with Gasteiger partial charge in [-0.25, -0.2) is 4.79 Å². The summed E-state index contributed by atoms with van der Waals surface area (Å²) in [6.45, 7) is 6.91. The highest BCUT2D eigenvalue weighted by molar-refractivity contribution is 5.79. The number of hydrogen-bond donors (Lipinski definition) is 1. The van der Waals surface area contributed by atoms with E-state index in [1.165, 1.54) is 0 Å². The molecular formula is C18H31N3O4. The molecule has 3 rings (SSSR count). The van der Waals surface area contributed by atoms with Gasteiger partial charge < -0.3 is 24.6 Å². The highest BCUT2D eigenvalue weighted by Crippen LogP contribution is 2.30. The highest BCUT2D eigenvalue weighted by Gasteiger charge is 2.44. The molecule has 0 bridgehead atoms. The van der Waals surface area contributed by atoms with E-state index in [1.54, 1.807) is 4.90 Å². The van der Waals surface area contributed by atoms with Crippen LogP contribution in [0.25, 0.3) is 0 Å². The molecular weight excluding hydrogens is 322 g/mol. The minimum atomic E-state index is -0.892. The maximum atomic E-state index is 12.8. The Balaban J connectivity index is 1.67. The van der Waals surface area contributed by atoms with E-state index in [1.807, 2.05) is 18.7 Å². The summed E-state index contributed by atoms with van der Waals surface area (Å²) in [5.74, 6) is -0.510. The van der Waals surface area contributed by atoms with E-state index in [0.29, 0.717) is 39.4 Å². The van der Waals surface area contributed by atoms with Crippen molar-refractivity contribution < 1.29 is 19.1 Å². The van der Waals surface area contributed by atoms with Crippen LogP contribution in [0.5, 0.6) is 0 Å². The molecule has 3 amide bonds. The van der Waals surface area contributed by atoms with Gasteiger partial charge in [0.25, 0.3) is 0 Å². The van der Waals surface area contributed by atoms with Crippen LogP contribution in [0.4, 0.5) is 4.79 Å². The standard InChI is InChI=1S/C18H31N3O4/c1-14(2)19-17(23)21-8-5-10-24-18(13-21)12-20(9-11-25-18)16(22)15-6-3-4-7-15/h14-15H,3-13H2,1-2H3,(H,19,23). The van der Waals surface area contributed by atoms with Crippen LogP contribution in [0.15, 0.2) is 0 Å². The number of morpholine rings is 1. The minimum Gasteiger partial charge on any atom is -0.347 e. The average Bonchev–Trinajstić information content (AvgIpc) is 3.04. The van der Waals surface area contributed by atoms with E-state index in [2.05, 4.69) is 5.32 Å². The second-order valence-corrected chi connectivity index (χ2v) is 7.73. The first-order valence-corrected chi connectivity index (χ1v) is 9.61. The lowest BCUT2D eigenvalue weighted by molar-refractivity contribution is -0.263. The molecule has 1 saturated carbocycles. The van der Waals surface area contributed by atoms with Gasteiger partial charge in [0.1, 0.15) is 0 Å². The third kappa shape index (κ3) is 4.44. The van der Waals surface area contributed by atoms with Gasteiger partial charge in [-0.15, -0.1) is 0 Å². The fraction of sp³-hybridized carbons (Fsp3) is 0.889. The summed E-state index contributed by atoms with van der Waals surface area (Å²) in [6.07, 6.45) is 5.05. The van der Waals surface area contributed by atoms with Gasteiger partial charge in [-0.05, 0) is 33.1 Å². The van der Waals surface area contributed by atoms with Gasteiger partial charge in [-0.2, -0.15) is 0 Å². The Hall–Kier alpha value is -1.34. The monoisotopic (exact) mass is 353 g/mol. The number of nitrogens with one attached hydrogen (secondary N) is 1. The summed E-state index contributed by atoms with van der Waals surface area (Å²) in [6, 6.07) is -0.0111. The fourth-order valence-corrected chi connectivity index (χ4v) is 4.00. The maximum absolute atomic E-state index is 12.8. The number of amides is 3. The van der Waals surface area contributed by atoms with Gasteiger partial charge in [0, 0.05) is 25.0 Å². The molecule has 1 spiro atoms. The molecule has 0 aromatic heterocycles. The van der Waals surface area contributed by atoms with Crippen LogP contribution < -0.4 is 5.32 Å². The Labute approximate surface area is 150 Å². The van der Waals surface area contributed by atoms with Crippen LogP contribution in [0.3, 0.4) is 0 Å². The number of nitrogens with zero attached hydrogens (tertiary/aromatic N) is 2. The fourth-order valence-electron chi connectivity index (χ4n) is 4.00. The summed E-state index contributed by atoms with van der Waals surface area (Å²) in [5, 5.41) is 2.94. The second-order valence-electron chi connectivity index (χ2n) is 7.73. The molecule has 142 valence electrons. The zero-order valence-corrected chi connectivity index (χ0v) is 15.5. The van der Waals surface area contributed by atoms with Gasteiger partial charge in [-0.3, -0.25) is 4.79 Å². The van der Waals surface area contributed by atoms with Crippen LogP contribution in [0.2, 0.25) is 0 Å². The summed E-state index contributed by atoms with van der Waals surface area (Å²) < 4.78 is 12.0. The van der Waals surface area contributed by atoms with Crippen molar-refractivity contribution in [3.63, 3.8) is 0 Å². The van der Waals surface area contributed by atoms with Crippen molar-refractivity contribution in [3.05, 3.63) is 0 Å². The van der Waals surface area contributed by atoms with Crippen LogP contribution in [0.1, 0.15) is 46.0 Å². The number of carbonyl (C=O) groups is 2. The van der Waals surface area contributed by atoms with Gasteiger partial charge in [0.15, 0.2) is 0 Å². The van der Waals surface area contributed by atoms with Crippen LogP contribution in [-0.4, -0.2) is 73.0 Å². The van der Waals surface area contributed by atoms with Crippen molar-refractivity contribution >= 4 is 11.9 Å². The summed E-state index contributed by atoms with van der Waals surface area (Å²) in [7, 11) is 0. The quantitative estimate of drug-likeness (QED) is 0.818. The van der Waals surface area contributed by atoms with E-state index < -0.39 is 5.79 Å². The third-order valence-corrected chi connectivity index (χ3v) is 5.24. The molecule has 2 heterocycles. The lowest BCUT2D eigenvalue weighted by atomic mass is 10.1. The molecule has 0 aromatic rings. The molecule has 2 aliphatic heterocycles. The Bertz CT molecular complexity index is 493. The van der Waals surface area contributed by atoms with Crippen LogP contribution in [-0.2, 0) is 14.3 Å². The Kier molecular flexibility index (Phi) is 5.84. The summed E-state index contributed by atoms with van der Waals surface area (Å²) in [5.41, 5.74) is 0. The zero-order chi connectivity index (χ0) is 17.9. The van der Waals surface area contributed by atoms with Crippen molar-refractivity contribution in [2.24, 2.45) is 5.92 Å². The molecule has 1 aliphatic carbocycles. The molecule has 25 heavy (non-hydrogen) atoms. The van der Waals surface area contributed by atoms with E-state index >= 15 is 0 Å². The molecule has 1 atom stereocenters. The average molecular weight is 353 g/mol. The molecule has 0 radical (unpaired) electrons. The first-order chi connectivity index (χ1) is 12.0. The van der Waals surface area contributed by atoms with Crippen molar-refractivity contribution in [3.8, 4) is 0 Å². The minimum absolute atomic E-state index is 0.0836. The number of hydrogen-bond acceptors (Lipinski definition) is 4. The van der Waals surface area contributed by atoms with E-state index in [0.717, 1.165) is 32.1 Å². The third-order valence-electron chi connectivity index (χ3n) is 5.24. The van der Waals surface area contributed by atoms with Gasteiger partial charge >= 0.3 is 6.03 Å². The van der Waals surface area contributed by atoms with E-state index in [9.17, 15) is 9.59 Å². The molecule has 3 aliphatic rings. The zero-order valence-electron chi connectivity index (χ0n) is 15.5. The number of rotatable bonds is 2. The van der Waals surface area contributed by atoms with Crippen molar-refractivity contribution in [2.45, 2.75) is 57.8 Å². The summed E-state index contributed by atoms with van der Waals surface area (Å²) >= 11 is 0. The van der Waals surface area contributed by atoms with E-state index in [-0.39, 0.29) is 23.9 Å². The Morgan fingerprint density at radius 1 is 1.00 bits per heavy atom. The first kappa shape index (κ1) is 18.5. The van der Waals surface area contributed by atoms with Gasteiger partial charge in [0.05, 0.1) is 26.3 Å². The molecule has 7 heteroatoms. The smallest absolute Gasteiger partial charge is 0.317 e. The molecule has 0 aromatic carbocycles. The van der Waals surface area contributed by atoms with Crippen molar-refractivity contribution in [1.82, 2.24) is 15.1 Å². The lowest BCUT2D eigenvalue weighted by Gasteiger charge is -2.43. The SMILES string of the molecule is CC(C)NC(=O)N1CCCOC2(C1)CN(C(=O)C1CCCC1)CCO2. The molecule has 2 saturated heterocycles. The Morgan fingerprint density at radius 3 is 2.40 bits per heavy atom. The maximum Gasteiger partial charge on any atom is 0.317 e. The van der Waals surface area contributed by atoms with Crippen LogP contribution >= 0.6 is 0 Å². The predicted octanol–water partition coefficient (Wildman–Crippen LogP) is 1.57. The lowest BCUT2D eigenvalue weighted by Crippen LogP contribution is -2.61. The highest BCUT2D eigenvalue weighted by atomic mass is 16.7.